The third-order valence-corrected chi connectivity index (χ3v) is 2.90. The van der Waals surface area contributed by atoms with Gasteiger partial charge >= 0.3 is 0 Å². The minimum Gasteiger partial charge on any atom is -0.378 e. The second-order valence-corrected chi connectivity index (χ2v) is 5.46. The van der Waals surface area contributed by atoms with Crippen molar-refractivity contribution in [1.29, 1.82) is 0 Å². The van der Waals surface area contributed by atoms with E-state index in [4.69, 9.17) is 16.3 Å². The molecule has 0 atom stereocenters. The monoisotopic (exact) mass is 256 g/mol. The predicted octanol–water partition coefficient (Wildman–Crippen LogP) is 1.66. The van der Waals surface area contributed by atoms with Crippen LogP contribution in [0.15, 0.2) is 0 Å². The van der Waals surface area contributed by atoms with Crippen molar-refractivity contribution in [1.82, 2.24) is 15.2 Å². The van der Waals surface area contributed by atoms with Crippen LogP contribution in [0.5, 0.6) is 0 Å². The summed E-state index contributed by atoms with van der Waals surface area (Å²) in [6.45, 7) is 9.08. The third kappa shape index (κ3) is 2.84. The average molecular weight is 257 g/mol. The molecule has 2 heterocycles. The fraction of sp³-hybridized carbons (Fsp3) is 0.727. The molecule has 1 saturated heterocycles. The van der Waals surface area contributed by atoms with Crippen LogP contribution in [0, 0.1) is 0 Å². The second kappa shape index (κ2) is 4.74. The lowest BCUT2D eigenvalue weighted by atomic mass is 9.93. The van der Waals surface area contributed by atoms with Gasteiger partial charge in [0.2, 0.25) is 5.95 Å². The Labute approximate surface area is 106 Å². The van der Waals surface area contributed by atoms with E-state index in [1.165, 1.54) is 0 Å². The molecule has 0 bridgehead atoms. The number of morpholine rings is 1. The molecular formula is C11H17ClN4O. The van der Waals surface area contributed by atoms with Gasteiger partial charge in [-0.2, -0.15) is 4.98 Å². The molecule has 94 valence electrons. The quantitative estimate of drug-likeness (QED) is 0.765. The highest BCUT2D eigenvalue weighted by atomic mass is 35.5. The van der Waals surface area contributed by atoms with E-state index < -0.39 is 0 Å². The van der Waals surface area contributed by atoms with Crippen LogP contribution < -0.4 is 4.90 Å². The first-order valence-electron chi connectivity index (χ1n) is 5.72. The molecule has 0 N–H and O–H groups in total. The van der Waals surface area contributed by atoms with Crippen LogP contribution in [-0.4, -0.2) is 41.5 Å². The van der Waals surface area contributed by atoms with E-state index in [1.807, 2.05) is 25.7 Å². The maximum absolute atomic E-state index is 6.16. The van der Waals surface area contributed by atoms with Crippen LogP contribution in [0.1, 0.15) is 26.5 Å². The molecular weight excluding hydrogens is 240 g/mol. The van der Waals surface area contributed by atoms with Gasteiger partial charge in [-0.25, -0.2) is 0 Å². The Kier molecular flexibility index (Phi) is 3.49. The van der Waals surface area contributed by atoms with Crippen LogP contribution in [0.3, 0.4) is 0 Å². The fourth-order valence-corrected chi connectivity index (χ4v) is 2.05. The van der Waals surface area contributed by atoms with Gasteiger partial charge in [-0.15, -0.1) is 10.2 Å². The van der Waals surface area contributed by atoms with E-state index in [9.17, 15) is 0 Å². The van der Waals surface area contributed by atoms with Gasteiger partial charge in [-0.3, -0.25) is 0 Å². The Balaban J connectivity index is 2.24. The zero-order valence-corrected chi connectivity index (χ0v) is 11.2. The standard InChI is InChI=1S/C11H17ClN4O/c1-11(2,3)8-9(12)13-10(15-14-8)16-4-6-17-7-5-16/h4-7H2,1-3H3. The van der Waals surface area contributed by atoms with Crippen LogP contribution in [0.2, 0.25) is 5.15 Å². The summed E-state index contributed by atoms with van der Waals surface area (Å²) in [4.78, 5) is 6.36. The molecule has 0 radical (unpaired) electrons. The van der Waals surface area contributed by atoms with Crippen molar-refractivity contribution in [2.24, 2.45) is 0 Å². The van der Waals surface area contributed by atoms with Gasteiger partial charge in [0.25, 0.3) is 0 Å². The summed E-state index contributed by atoms with van der Waals surface area (Å²) in [5, 5.41) is 8.79. The van der Waals surface area contributed by atoms with E-state index in [-0.39, 0.29) is 5.41 Å². The van der Waals surface area contributed by atoms with Gasteiger partial charge < -0.3 is 9.64 Å². The maximum atomic E-state index is 6.16. The Hall–Kier alpha value is -0.940. The van der Waals surface area contributed by atoms with Crippen molar-refractivity contribution in [2.75, 3.05) is 31.2 Å². The summed E-state index contributed by atoms with van der Waals surface area (Å²) in [5.41, 5.74) is 0.594. The highest BCUT2D eigenvalue weighted by molar-refractivity contribution is 6.30. The smallest absolute Gasteiger partial charge is 0.246 e. The summed E-state index contributed by atoms with van der Waals surface area (Å²) >= 11 is 6.16. The van der Waals surface area contributed by atoms with Crippen molar-refractivity contribution in [3.05, 3.63) is 10.8 Å². The van der Waals surface area contributed by atoms with E-state index >= 15 is 0 Å². The van der Waals surface area contributed by atoms with Gasteiger partial charge in [0.15, 0.2) is 5.15 Å². The Morgan fingerprint density at radius 2 is 1.82 bits per heavy atom. The van der Waals surface area contributed by atoms with Crippen molar-refractivity contribution in [2.45, 2.75) is 26.2 Å². The van der Waals surface area contributed by atoms with Crippen LogP contribution >= 0.6 is 11.6 Å². The molecule has 0 unspecified atom stereocenters. The number of anilines is 1. The summed E-state index contributed by atoms with van der Waals surface area (Å²) in [6.07, 6.45) is 0. The molecule has 1 fully saturated rings. The number of aromatic nitrogens is 3. The number of nitrogens with zero attached hydrogens (tertiary/aromatic N) is 4. The number of hydrogen-bond acceptors (Lipinski definition) is 5. The number of halogens is 1. The molecule has 1 aromatic rings. The minimum atomic E-state index is -0.138. The van der Waals surface area contributed by atoms with E-state index in [1.54, 1.807) is 0 Å². The van der Waals surface area contributed by atoms with Gasteiger partial charge in [-0.05, 0) is 0 Å². The zero-order chi connectivity index (χ0) is 12.5. The number of ether oxygens (including phenoxy) is 1. The van der Waals surface area contributed by atoms with Crippen LogP contribution in [-0.2, 0) is 10.2 Å². The van der Waals surface area contributed by atoms with Gasteiger partial charge in [0, 0.05) is 18.5 Å². The molecule has 17 heavy (non-hydrogen) atoms. The van der Waals surface area contributed by atoms with E-state index in [0.29, 0.717) is 24.3 Å². The highest BCUT2D eigenvalue weighted by Gasteiger charge is 2.23. The zero-order valence-electron chi connectivity index (χ0n) is 10.4. The van der Waals surface area contributed by atoms with Gasteiger partial charge in [0.1, 0.15) is 5.69 Å². The summed E-state index contributed by atoms with van der Waals surface area (Å²) in [6, 6.07) is 0. The molecule has 5 nitrogen and oxygen atoms in total. The van der Waals surface area contributed by atoms with Crippen LogP contribution in [0.25, 0.3) is 0 Å². The number of rotatable bonds is 1. The van der Waals surface area contributed by atoms with Crippen molar-refractivity contribution < 1.29 is 4.74 Å². The first-order chi connectivity index (χ1) is 7.98. The Morgan fingerprint density at radius 1 is 1.18 bits per heavy atom. The van der Waals surface area contributed by atoms with E-state index in [0.717, 1.165) is 18.8 Å². The lowest BCUT2D eigenvalue weighted by molar-refractivity contribution is 0.122. The second-order valence-electron chi connectivity index (χ2n) is 5.10. The van der Waals surface area contributed by atoms with Gasteiger partial charge in [0.05, 0.1) is 13.2 Å². The topological polar surface area (TPSA) is 51.1 Å². The number of hydrogen-bond donors (Lipinski definition) is 0. The largest absolute Gasteiger partial charge is 0.378 e. The van der Waals surface area contributed by atoms with Crippen molar-refractivity contribution in [3.8, 4) is 0 Å². The Bertz CT molecular complexity index is 399. The van der Waals surface area contributed by atoms with Crippen molar-refractivity contribution in [3.63, 3.8) is 0 Å². The molecule has 0 spiro atoms. The summed E-state index contributed by atoms with van der Waals surface area (Å²) < 4.78 is 5.28. The maximum Gasteiger partial charge on any atom is 0.246 e. The van der Waals surface area contributed by atoms with Crippen molar-refractivity contribution >= 4 is 17.5 Å². The lowest BCUT2D eigenvalue weighted by Crippen LogP contribution is -2.37. The summed E-state index contributed by atoms with van der Waals surface area (Å²) in [5.74, 6) is 0.589. The van der Waals surface area contributed by atoms with Gasteiger partial charge in [-0.1, -0.05) is 32.4 Å². The SMILES string of the molecule is CC(C)(C)c1nnc(N2CCOCC2)nc1Cl. The van der Waals surface area contributed by atoms with Crippen LogP contribution in [0.4, 0.5) is 5.95 Å². The first kappa shape index (κ1) is 12.5. The molecule has 0 saturated carbocycles. The summed E-state index contributed by atoms with van der Waals surface area (Å²) in [7, 11) is 0. The molecule has 0 aromatic carbocycles. The van der Waals surface area contributed by atoms with E-state index in [2.05, 4.69) is 15.2 Å². The molecule has 0 amide bonds. The Morgan fingerprint density at radius 3 is 2.35 bits per heavy atom. The fourth-order valence-electron chi connectivity index (χ4n) is 1.66. The molecule has 1 aliphatic heterocycles. The average Bonchev–Trinajstić information content (AvgIpc) is 2.28. The lowest BCUT2D eigenvalue weighted by Gasteiger charge is -2.27. The molecule has 0 aliphatic carbocycles. The highest BCUT2D eigenvalue weighted by Crippen LogP contribution is 2.26. The third-order valence-electron chi connectivity index (χ3n) is 2.64. The molecule has 1 aromatic heterocycles. The molecule has 2 rings (SSSR count). The normalized spacial score (nSPS) is 17.3. The minimum absolute atomic E-state index is 0.138. The molecule has 1 aliphatic rings. The molecule has 6 heteroatoms. The predicted molar refractivity (Wildman–Crippen MR) is 66.6 cm³/mol. The first-order valence-corrected chi connectivity index (χ1v) is 6.09.